The quantitative estimate of drug-likeness (QED) is 0.443. The Morgan fingerprint density at radius 3 is 2.77 bits per heavy atom. The Labute approximate surface area is 188 Å². The molecule has 162 valence electrons. The number of pyridine rings is 1. The van der Waals surface area contributed by atoms with E-state index in [1.807, 2.05) is 16.7 Å². The van der Waals surface area contributed by atoms with Crippen LogP contribution in [0, 0.1) is 0 Å². The maximum atomic E-state index is 12.6. The lowest BCUT2D eigenvalue weighted by Gasteiger charge is -2.19. The van der Waals surface area contributed by atoms with Gasteiger partial charge in [0.1, 0.15) is 28.3 Å². The molecule has 0 unspecified atom stereocenters. The van der Waals surface area contributed by atoms with E-state index >= 15 is 0 Å². The van der Waals surface area contributed by atoms with Gasteiger partial charge in [0.25, 0.3) is 5.91 Å². The third-order valence-electron chi connectivity index (χ3n) is 4.40. The van der Waals surface area contributed by atoms with Crippen molar-refractivity contribution in [1.29, 1.82) is 0 Å². The number of imidazole rings is 1. The summed E-state index contributed by atoms with van der Waals surface area (Å²) in [5, 5.41) is 7.37. The minimum Gasteiger partial charge on any atom is -0.495 e. The summed E-state index contributed by atoms with van der Waals surface area (Å²) in [6.45, 7) is 6.73. The average Bonchev–Trinajstić information content (AvgIpc) is 3.43. The van der Waals surface area contributed by atoms with Crippen LogP contribution in [0.15, 0.2) is 34.9 Å². The normalized spacial score (nSPS) is 11.8. The van der Waals surface area contributed by atoms with Crippen LogP contribution in [0.5, 0.6) is 5.75 Å². The molecule has 31 heavy (non-hydrogen) atoms. The topological polar surface area (TPSA) is 99.2 Å². The Balaban J connectivity index is 1.66. The van der Waals surface area contributed by atoms with Crippen LogP contribution in [0.25, 0.3) is 17.0 Å². The fraction of sp³-hybridized carbons (Fsp3) is 0.350. The Bertz CT molecular complexity index is 1220. The first-order chi connectivity index (χ1) is 14.7. The van der Waals surface area contributed by atoms with Gasteiger partial charge in [0, 0.05) is 24.1 Å². The maximum Gasteiger partial charge on any atom is 0.269 e. The van der Waals surface area contributed by atoms with Gasteiger partial charge in [0.15, 0.2) is 5.82 Å². The van der Waals surface area contributed by atoms with Crippen LogP contribution in [0.2, 0.25) is 0 Å². The van der Waals surface area contributed by atoms with Crippen molar-refractivity contribution in [3.05, 3.63) is 41.6 Å². The Morgan fingerprint density at radius 1 is 1.29 bits per heavy atom. The van der Waals surface area contributed by atoms with Gasteiger partial charge in [0.05, 0.1) is 30.4 Å². The summed E-state index contributed by atoms with van der Waals surface area (Å²) in [4.78, 5) is 22.2. The number of aromatic nitrogens is 6. The van der Waals surface area contributed by atoms with Crippen LogP contribution in [-0.2, 0) is 13.6 Å². The minimum atomic E-state index is -0.240. The molecule has 0 saturated heterocycles. The second kappa shape index (κ2) is 8.31. The standard InChI is InChI=1S/C20H23N7O2S2/c1-20(2,3)31-16-10-27-14(8-21-18(27)7-15(16)29-5)12-6-13(26(4)24-12)19(28)22-9-17-23-11-30-25-17/h6-8,10-11H,9H2,1-5H3,(H,22,28). The molecule has 9 nitrogen and oxygen atoms in total. The molecular weight excluding hydrogens is 434 g/mol. The van der Waals surface area contributed by atoms with Crippen molar-refractivity contribution in [2.75, 3.05) is 7.11 Å². The SMILES string of the molecule is COc1cc2ncc(-c3cc(C(=O)NCc4ncsn4)n(C)n3)n2cc1SC(C)(C)C. The van der Waals surface area contributed by atoms with Crippen molar-refractivity contribution >= 4 is 34.8 Å². The summed E-state index contributed by atoms with van der Waals surface area (Å²) in [6.07, 6.45) is 3.76. The largest absolute Gasteiger partial charge is 0.495 e. The number of carbonyl (C=O) groups is 1. The molecule has 1 N–H and O–H groups in total. The van der Waals surface area contributed by atoms with Crippen LogP contribution in [-0.4, -0.2) is 46.3 Å². The van der Waals surface area contributed by atoms with Gasteiger partial charge in [-0.2, -0.15) is 9.47 Å². The Morgan fingerprint density at radius 2 is 2.10 bits per heavy atom. The lowest BCUT2D eigenvalue weighted by atomic mass is 10.3. The molecule has 0 aliphatic carbocycles. The van der Waals surface area contributed by atoms with Gasteiger partial charge in [-0.05, 0) is 17.6 Å². The molecule has 0 aliphatic rings. The lowest BCUT2D eigenvalue weighted by molar-refractivity contribution is 0.0940. The third kappa shape index (κ3) is 4.57. The number of amides is 1. The highest BCUT2D eigenvalue weighted by atomic mass is 32.2. The first kappa shape index (κ1) is 21.3. The zero-order chi connectivity index (χ0) is 22.2. The first-order valence-electron chi connectivity index (χ1n) is 9.57. The summed E-state index contributed by atoms with van der Waals surface area (Å²) in [5.74, 6) is 1.12. The molecule has 1 amide bonds. The Kier molecular flexibility index (Phi) is 5.71. The van der Waals surface area contributed by atoms with Crippen molar-refractivity contribution in [1.82, 2.24) is 33.8 Å². The van der Waals surface area contributed by atoms with Crippen LogP contribution in [0.4, 0.5) is 0 Å². The highest BCUT2D eigenvalue weighted by Gasteiger charge is 2.20. The highest BCUT2D eigenvalue weighted by Crippen LogP contribution is 2.39. The number of nitrogens with one attached hydrogen (secondary N) is 1. The molecule has 0 radical (unpaired) electrons. The van der Waals surface area contributed by atoms with Gasteiger partial charge in [-0.25, -0.2) is 9.97 Å². The van der Waals surface area contributed by atoms with E-state index in [9.17, 15) is 4.79 Å². The molecular formula is C20H23N7O2S2. The molecule has 11 heteroatoms. The summed E-state index contributed by atoms with van der Waals surface area (Å²) in [6, 6.07) is 3.67. The van der Waals surface area contributed by atoms with E-state index in [0.29, 0.717) is 17.2 Å². The van der Waals surface area contributed by atoms with Gasteiger partial charge in [-0.3, -0.25) is 13.9 Å². The second-order valence-corrected chi connectivity index (χ2v) is 10.3. The smallest absolute Gasteiger partial charge is 0.269 e. The van der Waals surface area contributed by atoms with E-state index in [0.717, 1.165) is 22.0 Å². The van der Waals surface area contributed by atoms with E-state index in [1.54, 1.807) is 48.4 Å². The molecule has 0 bridgehead atoms. The number of rotatable bonds is 6. The third-order valence-corrected chi connectivity index (χ3v) is 6.05. The van der Waals surface area contributed by atoms with E-state index in [4.69, 9.17) is 4.74 Å². The second-order valence-electron chi connectivity index (χ2n) is 7.86. The number of carbonyl (C=O) groups excluding carboxylic acids is 1. The molecule has 0 aromatic carbocycles. The lowest BCUT2D eigenvalue weighted by Crippen LogP contribution is -2.25. The number of methoxy groups -OCH3 is 1. The van der Waals surface area contributed by atoms with E-state index in [2.05, 4.69) is 45.5 Å². The molecule has 4 rings (SSSR count). The minimum absolute atomic E-state index is 0.0180. The summed E-state index contributed by atoms with van der Waals surface area (Å²) in [5.41, 5.74) is 4.28. The van der Waals surface area contributed by atoms with Crippen molar-refractivity contribution in [3.63, 3.8) is 0 Å². The number of hydrogen-bond donors (Lipinski definition) is 1. The van der Waals surface area contributed by atoms with Crippen molar-refractivity contribution in [3.8, 4) is 17.1 Å². The average molecular weight is 458 g/mol. The monoisotopic (exact) mass is 457 g/mol. The van der Waals surface area contributed by atoms with Crippen molar-refractivity contribution < 1.29 is 9.53 Å². The van der Waals surface area contributed by atoms with Gasteiger partial charge in [-0.1, -0.05) is 20.8 Å². The fourth-order valence-corrected chi connectivity index (χ4v) is 4.58. The molecule has 4 heterocycles. The summed E-state index contributed by atoms with van der Waals surface area (Å²) in [7, 11) is 3.40. The van der Waals surface area contributed by atoms with Gasteiger partial charge >= 0.3 is 0 Å². The predicted octanol–water partition coefficient (Wildman–Crippen LogP) is 3.42. The van der Waals surface area contributed by atoms with Crippen molar-refractivity contribution in [2.45, 2.75) is 37.0 Å². The van der Waals surface area contributed by atoms with Crippen LogP contribution < -0.4 is 10.1 Å². The van der Waals surface area contributed by atoms with E-state index < -0.39 is 0 Å². The number of fused-ring (bicyclic) bond motifs is 1. The number of ether oxygens (including phenoxy) is 1. The first-order valence-corrected chi connectivity index (χ1v) is 11.2. The molecule has 0 fully saturated rings. The fourth-order valence-electron chi connectivity index (χ4n) is 3.07. The molecule has 4 aromatic rings. The van der Waals surface area contributed by atoms with Crippen LogP contribution >= 0.6 is 23.3 Å². The summed E-state index contributed by atoms with van der Waals surface area (Å²) >= 11 is 2.97. The van der Waals surface area contributed by atoms with Crippen LogP contribution in [0.1, 0.15) is 37.1 Å². The van der Waals surface area contributed by atoms with Crippen molar-refractivity contribution in [2.24, 2.45) is 7.05 Å². The van der Waals surface area contributed by atoms with Gasteiger partial charge in [0.2, 0.25) is 0 Å². The van der Waals surface area contributed by atoms with Gasteiger partial charge < -0.3 is 10.1 Å². The molecule has 0 spiro atoms. The maximum absolute atomic E-state index is 12.6. The zero-order valence-electron chi connectivity index (χ0n) is 17.9. The number of hydrogen-bond acceptors (Lipinski definition) is 8. The number of nitrogens with zero attached hydrogens (tertiary/aromatic N) is 6. The number of aryl methyl sites for hydroxylation is 1. The van der Waals surface area contributed by atoms with E-state index in [-0.39, 0.29) is 17.2 Å². The zero-order valence-corrected chi connectivity index (χ0v) is 19.5. The molecule has 0 saturated carbocycles. The summed E-state index contributed by atoms with van der Waals surface area (Å²) < 4.78 is 13.2. The Hall–Kier alpha value is -2.92. The highest BCUT2D eigenvalue weighted by molar-refractivity contribution is 8.00. The predicted molar refractivity (Wildman–Crippen MR) is 121 cm³/mol. The van der Waals surface area contributed by atoms with Gasteiger partial charge in [-0.15, -0.1) is 11.8 Å². The van der Waals surface area contributed by atoms with E-state index in [1.165, 1.54) is 11.5 Å². The van der Waals surface area contributed by atoms with Crippen LogP contribution in [0.3, 0.4) is 0 Å². The molecule has 0 aliphatic heterocycles. The number of thioether (sulfide) groups is 1. The molecule has 0 atom stereocenters. The molecule has 4 aromatic heterocycles.